The van der Waals surface area contributed by atoms with Crippen LogP contribution in [0, 0.1) is 0 Å². The Morgan fingerprint density at radius 1 is 0.903 bits per heavy atom. The fourth-order valence-electron chi connectivity index (χ4n) is 2.81. The average molecular weight is 455 g/mol. The lowest BCUT2D eigenvalue weighted by atomic mass is 10.1. The van der Waals surface area contributed by atoms with E-state index >= 15 is 0 Å². The van der Waals surface area contributed by atoms with Crippen molar-refractivity contribution in [2.45, 2.75) is 18.2 Å². The van der Waals surface area contributed by atoms with Crippen LogP contribution < -0.4 is 15.4 Å². The number of ether oxygens (including phenoxy) is 1. The normalized spacial score (nSPS) is 10.4. The maximum atomic E-state index is 12.3. The van der Waals surface area contributed by atoms with Crippen LogP contribution >= 0.6 is 23.4 Å². The van der Waals surface area contributed by atoms with Crippen LogP contribution in [0.25, 0.3) is 0 Å². The van der Waals surface area contributed by atoms with E-state index in [-0.39, 0.29) is 24.0 Å². The lowest BCUT2D eigenvalue weighted by molar-refractivity contribution is -0.115. The van der Waals surface area contributed by atoms with Gasteiger partial charge in [-0.2, -0.15) is 0 Å². The highest BCUT2D eigenvalue weighted by atomic mass is 35.5. The molecule has 3 rings (SSSR count). The molecule has 0 atom stereocenters. The van der Waals surface area contributed by atoms with Gasteiger partial charge >= 0.3 is 0 Å². The molecule has 0 aliphatic carbocycles. The molecule has 31 heavy (non-hydrogen) atoms. The van der Waals surface area contributed by atoms with E-state index in [2.05, 4.69) is 10.6 Å². The zero-order chi connectivity index (χ0) is 22.1. The van der Waals surface area contributed by atoms with Crippen molar-refractivity contribution in [3.05, 3.63) is 83.4 Å². The summed E-state index contributed by atoms with van der Waals surface area (Å²) in [7, 11) is 0. The molecular weight excluding hydrogens is 432 g/mol. The predicted octanol–water partition coefficient (Wildman–Crippen LogP) is 5.65. The van der Waals surface area contributed by atoms with Crippen molar-refractivity contribution in [3.8, 4) is 5.75 Å². The first kappa shape index (κ1) is 22.7. The summed E-state index contributed by atoms with van der Waals surface area (Å²) < 4.78 is 5.53. The fraction of sp³-hybridized carbons (Fsp3) is 0.167. The van der Waals surface area contributed by atoms with Crippen molar-refractivity contribution in [2.24, 2.45) is 0 Å². The second-order valence-electron chi connectivity index (χ2n) is 6.64. The average Bonchev–Trinajstić information content (AvgIpc) is 2.76. The van der Waals surface area contributed by atoms with Gasteiger partial charge in [-0.05, 0) is 61.0 Å². The number of benzene rings is 3. The highest BCUT2D eigenvalue weighted by Gasteiger charge is 2.09. The van der Waals surface area contributed by atoms with Crippen LogP contribution in [0.4, 0.5) is 11.4 Å². The number of carbonyl (C=O) groups excluding carboxylic acids is 2. The molecule has 0 heterocycles. The van der Waals surface area contributed by atoms with Crippen LogP contribution in [0.15, 0.2) is 77.7 Å². The molecule has 0 saturated heterocycles. The Balaban J connectivity index is 1.47. The highest BCUT2D eigenvalue weighted by Crippen LogP contribution is 2.25. The Bertz CT molecular complexity index is 1020. The van der Waals surface area contributed by atoms with E-state index in [9.17, 15) is 9.59 Å². The summed E-state index contributed by atoms with van der Waals surface area (Å²) in [5, 5.41) is 6.40. The Kier molecular flexibility index (Phi) is 8.38. The molecule has 3 aromatic rings. The number of rotatable bonds is 9. The first-order chi connectivity index (χ1) is 15.0. The number of anilines is 2. The Morgan fingerprint density at radius 3 is 2.32 bits per heavy atom. The van der Waals surface area contributed by atoms with Gasteiger partial charge in [-0.1, -0.05) is 35.9 Å². The summed E-state index contributed by atoms with van der Waals surface area (Å²) in [5.41, 5.74) is 2.26. The van der Waals surface area contributed by atoms with E-state index in [1.807, 2.05) is 67.6 Å². The fourth-order valence-corrected chi connectivity index (χ4v) is 3.64. The van der Waals surface area contributed by atoms with Gasteiger partial charge in [-0.15, -0.1) is 11.8 Å². The number of nitrogens with one attached hydrogen (secondary N) is 2. The molecule has 5 nitrogen and oxygen atoms in total. The van der Waals surface area contributed by atoms with Crippen molar-refractivity contribution in [1.29, 1.82) is 0 Å². The van der Waals surface area contributed by atoms with Crippen molar-refractivity contribution in [3.63, 3.8) is 0 Å². The second kappa shape index (κ2) is 11.4. The van der Waals surface area contributed by atoms with Gasteiger partial charge in [0.2, 0.25) is 11.8 Å². The minimum atomic E-state index is -0.113. The predicted molar refractivity (Wildman–Crippen MR) is 127 cm³/mol. The van der Waals surface area contributed by atoms with Crippen molar-refractivity contribution in [1.82, 2.24) is 0 Å². The third kappa shape index (κ3) is 7.35. The number of hydrogen-bond donors (Lipinski definition) is 2. The number of thioether (sulfide) groups is 1. The summed E-state index contributed by atoms with van der Waals surface area (Å²) in [6, 6.07) is 22.0. The molecule has 0 spiro atoms. The lowest BCUT2D eigenvalue weighted by Gasteiger charge is -2.11. The maximum Gasteiger partial charge on any atom is 0.234 e. The molecule has 0 fully saturated rings. The lowest BCUT2D eigenvalue weighted by Crippen LogP contribution is -2.15. The summed E-state index contributed by atoms with van der Waals surface area (Å²) in [4.78, 5) is 25.4. The molecule has 2 N–H and O–H groups in total. The highest BCUT2D eigenvalue weighted by molar-refractivity contribution is 8.00. The SMILES string of the molecule is CCOc1ccccc1NC(=O)CSc1ccc(NC(=O)Cc2ccc(Cl)cc2)cc1. The molecule has 0 aromatic heterocycles. The Morgan fingerprint density at radius 2 is 1.61 bits per heavy atom. The third-order valence-corrected chi connectivity index (χ3v) is 5.51. The first-order valence-electron chi connectivity index (χ1n) is 9.82. The largest absolute Gasteiger partial charge is 0.492 e. The van der Waals surface area contributed by atoms with Crippen LogP contribution in [-0.2, 0) is 16.0 Å². The molecule has 0 aliphatic heterocycles. The molecule has 0 bridgehead atoms. The molecule has 7 heteroatoms. The van der Waals surface area contributed by atoms with Gasteiger partial charge in [-0.3, -0.25) is 9.59 Å². The van der Waals surface area contributed by atoms with Gasteiger partial charge in [0.25, 0.3) is 0 Å². The molecule has 0 aliphatic rings. The van der Waals surface area contributed by atoms with Crippen molar-refractivity contribution in [2.75, 3.05) is 23.0 Å². The van der Waals surface area contributed by atoms with E-state index in [0.29, 0.717) is 28.8 Å². The monoisotopic (exact) mass is 454 g/mol. The summed E-state index contributed by atoms with van der Waals surface area (Å²) in [6.45, 7) is 2.43. The molecule has 0 unspecified atom stereocenters. The number of halogens is 1. The molecule has 160 valence electrons. The quantitative estimate of drug-likeness (QED) is 0.410. The second-order valence-corrected chi connectivity index (χ2v) is 8.13. The van der Waals surface area contributed by atoms with Crippen molar-refractivity contribution < 1.29 is 14.3 Å². The zero-order valence-corrected chi connectivity index (χ0v) is 18.6. The first-order valence-corrected chi connectivity index (χ1v) is 11.2. The van der Waals surface area contributed by atoms with E-state index in [1.165, 1.54) is 11.8 Å². The van der Waals surface area contributed by atoms with Gasteiger partial charge in [-0.25, -0.2) is 0 Å². The molecule has 0 saturated carbocycles. The molecule has 3 aromatic carbocycles. The summed E-state index contributed by atoms with van der Waals surface area (Å²) in [6.07, 6.45) is 0.275. The number of hydrogen-bond acceptors (Lipinski definition) is 4. The van der Waals surface area contributed by atoms with Crippen LogP contribution in [0.2, 0.25) is 5.02 Å². The third-order valence-electron chi connectivity index (χ3n) is 4.25. The minimum absolute atomic E-state index is 0.102. The smallest absolute Gasteiger partial charge is 0.234 e. The van der Waals surface area contributed by atoms with Gasteiger partial charge in [0.15, 0.2) is 0 Å². The number of carbonyl (C=O) groups is 2. The van der Waals surface area contributed by atoms with Crippen LogP contribution in [-0.4, -0.2) is 24.2 Å². The topological polar surface area (TPSA) is 67.4 Å². The van der Waals surface area contributed by atoms with Crippen LogP contribution in [0.1, 0.15) is 12.5 Å². The van der Waals surface area contributed by atoms with Crippen LogP contribution in [0.5, 0.6) is 5.75 Å². The van der Waals surface area contributed by atoms with Crippen molar-refractivity contribution >= 4 is 46.6 Å². The Hall–Kier alpha value is -2.96. The van der Waals surface area contributed by atoms with Crippen LogP contribution in [0.3, 0.4) is 0 Å². The summed E-state index contributed by atoms with van der Waals surface area (Å²) >= 11 is 7.29. The van der Waals surface area contributed by atoms with Gasteiger partial charge in [0.05, 0.1) is 24.5 Å². The van der Waals surface area contributed by atoms with E-state index in [0.717, 1.165) is 10.5 Å². The zero-order valence-electron chi connectivity index (χ0n) is 17.1. The van der Waals surface area contributed by atoms with E-state index in [1.54, 1.807) is 12.1 Å². The standard InChI is InChI=1S/C24H23ClN2O3S/c1-2-30-22-6-4-3-5-21(22)27-24(29)16-31-20-13-11-19(12-14-20)26-23(28)15-17-7-9-18(25)10-8-17/h3-14H,2,15-16H2,1H3,(H,26,28)(H,27,29). The minimum Gasteiger partial charge on any atom is -0.492 e. The van der Waals surface area contributed by atoms with Gasteiger partial charge in [0, 0.05) is 15.6 Å². The summed E-state index contributed by atoms with van der Waals surface area (Å²) in [5.74, 6) is 0.706. The van der Waals surface area contributed by atoms with Gasteiger partial charge < -0.3 is 15.4 Å². The van der Waals surface area contributed by atoms with E-state index < -0.39 is 0 Å². The molecule has 0 radical (unpaired) electrons. The molecule has 2 amide bonds. The maximum absolute atomic E-state index is 12.3. The van der Waals surface area contributed by atoms with E-state index in [4.69, 9.17) is 16.3 Å². The Labute approximate surface area is 191 Å². The molecular formula is C24H23ClN2O3S. The number of para-hydroxylation sites is 2. The number of amides is 2. The van der Waals surface area contributed by atoms with Gasteiger partial charge in [0.1, 0.15) is 5.75 Å².